The fourth-order valence-electron chi connectivity index (χ4n) is 2.05. The molecule has 0 heterocycles. The Bertz CT molecular complexity index is 880. The van der Waals surface area contributed by atoms with Crippen LogP contribution in [0.25, 0.3) is 6.08 Å². The predicted molar refractivity (Wildman–Crippen MR) is 97.9 cm³/mol. The van der Waals surface area contributed by atoms with Crippen LogP contribution in [-0.4, -0.2) is 23.4 Å². The molecule has 0 radical (unpaired) electrons. The number of nitro benzene ring substituents is 1. The van der Waals surface area contributed by atoms with Crippen molar-refractivity contribution in [1.29, 1.82) is 0 Å². The maximum Gasteiger partial charge on any atom is 0.331 e. The second-order valence-corrected chi connectivity index (χ2v) is 5.70. The Hall–Kier alpha value is -3.19. The maximum absolute atomic E-state index is 11.8. The SMILES string of the molecule is Cc1ccc(NC(=O)COC(=O)/C=C/c2ccccc2[N+](=O)[O-])c(Cl)c1. The summed E-state index contributed by atoms with van der Waals surface area (Å²) in [6, 6.07) is 11.1. The van der Waals surface area contributed by atoms with Crippen LogP contribution < -0.4 is 5.32 Å². The van der Waals surface area contributed by atoms with Gasteiger partial charge in [0.1, 0.15) is 0 Å². The summed E-state index contributed by atoms with van der Waals surface area (Å²) in [5.41, 5.74) is 1.47. The van der Waals surface area contributed by atoms with Gasteiger partial charge in [-0.3, -0.25) is 14.9 Å². The number of amides is 1. The number of aryl methyl sites for hydroxylation is 1. The highest BCUT2D eigenvalue weighted by molar-refractivity contribution is 6.33. The van der Waals surface area contributed by atoms with E-state index in [0.29, 0.717) is 10.7 Å². The molecule has 2 aromatic carbocycles. The average molecular weight is 375 g/mol. The molecular weight excluding hydrogens is 360 g/mol. The largest absolute Gasteiger partial charge is 0.452 e. The average Bonchev–Trinajstić information content (AvgIpc) is 2.60. The molecule has 0 bridgehead atoms. The molecule has 1 amide bonds. The third kappa shape index (κ3) is 5.42. The van der Waals surface area contributed by atoms with Crippen LogP contribution >= 0.6 is 11.6 Å². The molecule has 0 aliphatic heterocycles. The summed E-state index contributed by atoms with van der Waals surface area (Å²) in [5.74, 6) is -1.35. The number of esters is 1. The molecule has 0 atom stereocenters. The van der Waals surface area contributed by atoms with Gasteiger partial charge in [-0.15, -0.1) is 0 Å². The zero-order valence-electron chi connectivity index (χ0n) is 13.8. The van der Waals surface area contributed by atoms with Gasteiger partial charge in [0.05, 0.1) is 21.2 Å². The summed E-state index contributed by atoms with van der Waals surface area (Å²) >= 11 is 6.01. The van der Waals surface area contributed by atoms with E-state index in [1.54, 1.807) is 24.3 Å². The number of ether oxygens (including phenoxy) is 1. The molecule has 2 rings (SSSR count). The van der Waals surface area contributed by atoms with Gasteiger partial charge in [0.15, 0.2) is 6.61 Å². The van der Waals surface area contributed by atoms with E-state index in [4.69, 9.17) is 16.3 Å². The van der Waals surface area contributed by atoms with Gasteiger partial charge >= 0.3 is 5.97 Å². The van der Waals surface area contributed by atoms with E-state index in [2.05, 4.69) is 5.32 Å². The van der Waals surface area contributed by atoms with E-state index in [0.717, 1.165) is 11.6 Å². The number of hydrogen-bond donors (Lipinski definition) is 1. The summed E-state index contributed by atoms with van der Waals surface area (Å²) in [7, 11) is 0. The van der Waals surface area contributed by atoms with Crippen LogP contribution in [-0.2, 0) is 14.3 Å². The first-order chi connectivity index (χ1) is 12.4. The van der Waals surface area contributed by atoms with E-state index in [-0.39, 0.29) is 11.3 Å². The van der Waals surface area contributed by atoms with Gasteiger partial charge in [-0.05, 0) is 36.8 Å². The fraction of sp³-hybridized carbons (Fsp3) is 0.111. The van der Waals surface area contributed by atoms with E-state index in [9.17, 15) is 19.7 Å². The summed E-state index contributed by atoms with van der Waals surface area (Å²) in [5, 5.41) is 13.8. The number of nitrogens with one attached hydrogen (secondary N) is 1. The number of hydrogen-bond acceptors (Lipinski definition) is 5. The Morgan fingerprint density at radius 3 is 2.69 bits per heavy atom. The zero-order chi connectivity index (χ0) is 19.1. The number of para-hydroxylation sites is 1. The van der Waals surface area contributed by atoms with Crippen LogP contribution in [0.15, 0.2) is 48.5 Å². The lowest BCUT2D eigenvalue weighted by Crippen LogP contribution is -2.20. The number of nitrogens with zero attached hydrogens (tertiary/aromatic N) is 1. The van der Waals surface area contributed by atoms with Gasteiger partial charge in [-0.2, -0.15) is 0 Å². The van der Waals surface area contributed by atoms with Crippen molar-refractivity contribution in [2.45, 2.75) is 6.92 Å². The topological polar surface area (TPSA) is 98.5 Å². The van der Waals surface area contributed by atoms with Crippen LogP contribution in [0.3, 0.4) is 0 Å². The third-order valence-electron chi connectivity index (χ3n) is 3.28. The monoisotopic (exact) mass is 374 g/mol. The van der Waals surface area contributed by atoms with Crippen LogP contribution in [0.2, 0.25) is 5.02 Å². The highest BCUT2D eigenvalue weighted by Crippen LogP contribution is 2.22. The molecule has 26 heavy (non-hydrogen) atoms. The fourth-order valence-corrected chi connectivity index (χ4v) is 2.33. The minimum Gasteiger partial charge on any atom is -0.452 e. The lowest BCUT2D eigenvalue weighted by molar-refractivity contribution is -0.385. The van der Waals surface area contributed by atoms with Gasteiger partial charge in [-0.25, -0.2) is 4.79 Å². The molecular formula is C18H15ClN2O5. The van der Waals surface area contributed by atoms with Crippen molar-refractivity contribution in [1.82, 2.24) is 0 Å². The highest BCUT2D eigenvalue weighted by Gasteiger charge is 2.11. The van der Waals surface area contributed by atoms with Crippen LogP contribution in [0.4, 0.5) is 11.4 Å². The number of rotatable bonds is 6. The first-order valence-electron chi connectivity index (χ1n) is 7.51. The zero-order valence-corrected chi connectivity index (χ0v) is 14.5. The number of carbonyl (C=O) groups is 2. The number of benzene rings is 2. The van der Waals surface area contributed by atoms with Gasteiger partial charge in [0.2, 0.25) is 0 Å². The minimum atomic E-state index is -0.798. The normalized spacial score (nSPS) is 10.5. The van der Waals surface area contributed by atoms with Crippen molar-refractivity contribution in [2.24, 2.45) is 0 Å². The molecule has 7 nitrogen and oxygen atoms in total. The van der Waals surface area contributed by atoms with E-state index in [1.165, 1.54) is 24.3 Å². The first kappa shape index (κ1) is 19.1. The Morgan fingerprint density at radius 2 is 2.00 bits per heavy atom. The van der Waals surface area contributed by atoms with Gasteiger partial charge < -0.3 is 10.1 Å². The summed E-state index contributed by atoms with van der Waals surface area (Å²) in [4.78, 5) is 33.8. The van der Waals surface area contributed by atoms with E-state index in [1.807, 2.05) is 6.92 Å². The summed E-state index contributed by atoms with van der Waals surface area (Å²) in [6.07, 6.45) is 2.28. The standard InChI is InChI=1S/C18H15ClN2O5/c1-12-6-8-15(14(19)10-12)20-17(22)11-26-18(23)9-7-13-4-2-3-5-16(13)21(24)25/h2-10H,11H2,1H3,(H,20,22)/b9-7+. The molecule has 0 aliphatic rings. The molecule has 0 fully saturated rings. The van der Waals surface area contributed by atoms with Crippen molar-refractivity contribution >= 4 is 40.9 Å². The molecule has 8 heteroatoms. The van der Waals surface area contributed by atoms with Crippen LogP contribution in [0.5, 0.6) is 0 Å². The Labute approximate surface area is 154 Å². The van der Waals surface area contributed by atoms with Crippen LogP contribution in [0, 0.1) is 17.0 Å². The van der Waals surface area contributed by atoms with Crippen molar-refractivity contribution < 1.29 is 19.2 Å². The van der Waals surface area contributed by atoms with Gasteiger partial charge in [-0.1, -0.05) is 29.8 Å². The second kappa shape index (κ2) is 8.77. The predicted octanol–water partition coefficient (Wildman–Crippen LogP) is 3.75. The number of nitro groups is 1. The first-order valence-corrected chi connectivity index (χ1v) is 7.89. The molecule has 0 aromatic heterocycles. The molecule has 0 saturated carbocycles. The summed E-state index contributed by atoms with van der Waals surface area (Å²) < 4.78 is 4.81. The van der Waals surface area contributed by atoms with E-state index < -0.39 is 23.4 Å². The maximum atomic E-state index is 11.8. The molecule has 0 unspecified atom stereocenters. The molecule has 0 spiro atoms. The van der Waals surface area contributed by atoms with E-state index >= 15 is 0 Å². The lowest BCUT2D eigenvalue weighted by atomic mass is 10.1. The minimum absolute atomic E-state index is 0.136. The second-order valence-electron chi connectivity index (χ2n) is 5.29. The van der Waals surface area contributed by atoms with Crippen molar-refractivity contribution in [2.75, 3.05) is 11.9 Å². The molecule has 0 aliphatic carbocycles. The smallest absolute Gasteiger partial charge is 0.331 e. The van der Waals surface area contributed by atoms with Gasteiger partial charge in [0, 0.05) is 12.1 Å². The van der Waals surface area contributed by atoms with Crippen LogP contribution in [0.1, 0.15) is 11.1 Å². The molecule has 1 N–H and O–H groups in total. The van der Waals surface area contributed by atoms with Crippen molar-refractivity contribution in [3.05, 3.63) is 74.8 Å². The van der Waals surface area contributed by atoms with Crippen molar-refractivity contribution in [3.63, 3.8) is 0 Å². The number of carbonyl (C=O) groups excluding carboxylic acids is 2. The Morgan fingerprint density at radius 1 is 1.27 bits per heavy atom. The summed E-state index contributed by atoms with van der Waals surface area (Å²) in [6.45, 7) is 1.35. The van der Waals surface area contributed by atoms with Crippen molar-refractivity contribution in [3.8, 4) is 0 Å². The molecule has 2 aromatic rings. The quantitative estimate of drug-likeness (QED) is 0.359. The molecule has 0 saturated heterocycles. The lowest BCUT2D eigenvalue weighted by Gasteiger charge is -2.07. The number of anilines is 1. The van der Waals surface area contributed by atoms with Gasteiger partial charge in [0.25, 0.3) is 11.6 Å². The Kier molecular flexibility index (Phi) is 6.46. The molecule has 134 valence electrons. The Balaban J connectivity index is 1.90. The third-order valence-corrected chi connectivity index (χ3v) is 3.59. The number of halogens is 1. The highest BCUT2D eigenvalue weighted by atomic mass is 35.5.